The van der Waals surface area contributed by atoms with E-state index in [0.717, 1.165) is 44.0 Å². The van der Waals surface area contributed by atoms with Gasteiger partial charge in [0.05, 0.1) is 13.2 Å². The Bertz CT molecular complexity index is 465. The molecule has 0 spiro atoms. The van der Waals surface area contributed by atoms with Crippen molar-refractivity contribution in [3.8, 4) is 5.75 Å². The minimum atomic E-state index is -0.275. The fourth-order valence-corrected chi connectivity index (χ4v) is 2.28. The Kier molecular flexibility index (Phi) is 4.56. The second kappa shape index (κ2) is 6.17. The van der Waals surface area contributed by atoms with E-state index >= 15 is 0 Å². The molecule has 0 bridgehead atoms. The first kappa shape index (κ1) is 14.0. The van der Waals surface area contributed by atoms with Gasteiger partial charge in [0.2, 0.25) is 0 Å². The quantitative estimate of drug-likeness (QED) is 0.618. The molecule has 0 aromatic heterocycles. The van der Waals surface area contributed by atoms with E-state index in [1.54, 1.807) is 0 Å². The monoisotopic (exact) mass is 263 g/mol. The van der Waals surface area contributed by atoms with E-state index in [4.69, 9.17) is 9.47 Å². The first-order valence-electron chi connectivity index (χ1n) is 6.65. The van der Waals surface area contributed by atoms with E-state index in [-0.39, 0.29) is 5.97 Å². The van der Waals surface area contributed by atoms with Crippen molar-refractivity contribution < 1.29 is 14.3 Å². The molecule has 1 aromatic carbocycles. The van der Waals surface area contributed by atoms with Gasteiger partial charge in [-0.1, -0.05) is 6.07 Å². The summed E-state index contributed by atoms with van der Waals surface area (Å²) in [6, 6.07) is 4.07. The van der Waals surface area contributed by atoms with Crippen molar-refractivity contribution in [3.05, 3.63) is 28.8 Å². The number of hydrogen-bond acceptors (Lipinski definition) is 4. The average Bonchev–Trinajstić information content (AvgIpc) is 2.36. The lowest BCUT2D eigenvalue weighted by molar-refractivity contribution is -0.131. The molecule has 1 aromatic rings. The van der Waals surface area contributed by atoms with Crippen LogP contribution >= 0.6 is 0 Å². The Morgan fingerprint density at radius 1 is 1.26 bits per heavy atom. The highest BCUT2D eigenvalue weighted by atomic mass is 16.5. The number of ether oxygens (including phenoxy) is 2. The molecule has 0 amide bonds. The molecule has 4 nitrogen and oxygen atoms in total. The molecule has 0 radical (unpaired) electrons. The molecular weight excluding hydrogens is 242 g/mol. The summed E-state index contributed by atoms with van der Waals surface area (Å²) in [6.45, 7) is 9.96. The summed E-state index contributed by atoms with van der Waals surface area (Å²) >= 11 is 0. The van der Waals surface area contributed by atoms with Gasteiger partial charge in [-0.25, -0.2) is 0 Å². The van der Waals surface area contributed by atoms with E-state index in [1.165, 1.54) is 12.5 Å². The van der Waals surface area contributed by atoms with Gasteiger partial charge in [-0.05, 0) is 36.6 Å². The van der Waals surface area contributed by atoms with Crippen LogP contribution in [0.25, 0.3) is 0 Å². The highest BCUT2D eigenvalue weighted by Crippen LogP contribution is 2.24. The summed E-state index contributed by atoms with van der Waals surface area (Å²) in [5.41, 5.74) is 3.45. The normalized spacial score (nSPS) is 16.4. The van der Waals surface area contributed by atoms with Crippen LogP contribution in [0, 0.1) is 13.8 Å². The van der Waals surface area contributed by atoms with Crippen LogP contribution in [0.4, 0.5) is 0 Å². The van der Waals surface area contributed by atoms with E-state index in [0.29, 0.717) is 5.75 Å². The van der Waals surface area contributed by atoms with Crippen LogP contribution in [0.2, 0.25) is 0 Å². The summed E-state index contributed by atoms with van der Waals surface area (Å²) < 4.78 is 10.6. The van der Waals surface area contributed by atoms with Gasteiger partial charge >= 0.3 is 5.97 Å². The first-order valence-corrected chi connectivity index (χ1v) is 6.65. The standard InChI is InChI=1S/C15H21NO3/c1-11-9-15(19-13(3)17)12(2)8-14(11)10-16-4-6-18-7-5-16/h8-9H,4-7,10H2,1-3H3. The maximum Gasteiger partial charge on any atom is 0.308 e. The van der Waals surface area contributed by atoms with Crippen LogP contribution in [0.15, 0.2) is 12.1 Å². The number of rotatable bonds is 3. The Hall–Kier alpha value is -1.39. The minimum Gasteiger partial charge on any atom is -0.426 e. The van der Waals surface area contributed by atoms with Gasteiger partial charge in [-0.2, -0.15) is 0 Å². The van der Waals surface area contributed by atoms with Crippen LogP contribution < -0.4 is 4.74 Å². The average molecular weight is 263 g/mol. The predicted octanol–water partition coefficient (Wildman–Crippen LogP) is 2.06. The zero-order valence-electron chi connectivity index (χ0n) is 11.9. The van der Waals surface area contributed by atoms with Crippen LogP contribution in [-0.4, -0.2) is 37.2 Å². The fraction of sp³-hybridized carbons (Fsp3) is 0.533. The van der Waals surface area contributed by atoms with Crippen molar-refractivity contribution >= 4 is 5.97 Å². The largest absolute Gasteiger partial charge is 0.426 e. The Labute approximate surface area is 114 Å². The second-order valence-corrected chi connectivity index (χ2v) is 5.03. The van der Waals surface area contributed by atoms with Crippen molar-refractivity contribution in [1.29, 1.82) is 0 Å². The summed E-state index contributed by atoms with van der Waals surface area (Å²) in [5, 5.41) is 0. The number of esters is 1. The third-order valence-corrected chi connectivity index (χ3v) is 3.38. The van der Waals surface area contributed by atoms with Crippen LogP contribution in [0.5, 0.6) is 5.75 Å². The lowest BCUT2D eigenvalue weighted by Gasteiger charge is -2.27. The van der Waals surface area contributed by atoms with Gasteiger partial charge in [0.15, 0.2) is 0 Å². The zero-order chi connectivity index (χ0) is 13.8. The van der Waals surface area contributed by atoms with Gasteiger partial charge < -0.3 is 9.47 Å². The molecule has 1 aliphatic rings. The number of aryl methyl sites for hydroxylation is 2. The lowest BCUT2D eigenvalue weighted by atomic mass is 10.0. The summed E-state index contributed by atoms with van der Waals surface area (Å²) in [5.74, 6) is 0.388. The Morgan fingerprint density at radius 3 is 2.58 bits per heavy atom. The number of carbonyl (C=O) groups is 1. The van der Waals surface area contributed by atoms with E-state index < -0.39 is 0 Å². The molecule has 0 saturated carbocycles. The third kappa shape index (κ3) is 3.78. The Morgan fingerprint density at radius 2 is 1.95 bits per heavy atom. The van der Waals surface area contributed by atoms with E-state index in [1.807, 2.05) is 13.0 Å². The van der Waals surface area contributed by atoms with Crippen molar-refractivity contribution in [2.75, 3.05) is 26.3 Å². The summed E-state index contributed by atoms with van der Waals surface area (Å²) in [7, 11) is 0. The number of morpholine rings is 1. The van der Waals surface area contributed by atoms with E-state index in [2.05, 4.69) is 17.9 Å². The molecule has 19 heavy (non-hydrogen) atoms. The molecule has 0 unspecified atom stereocenters. The summed E-state index contributed by atoms with van der Waals surface area (Å²) in [6.07, 6.45) is 0. The second-order valence-electron chi connectivity index (χ2n) is 5.03. The first-order chi connectivity index (χ1) is 9.06. The van der Waals surface area contributed by atoms with Gasteiger partial charge in [0.25, 0.3) is 0 Å². The molecule has 4 heteroatoms. The minimum absolute atomic E-state index is 0.275. The van der Waals surface area contributed by atoms with Gasteiger partial charge in [-0.15, -0.1) is 0 Å². The molecule has 2 rings (SSSR count). The van der Waals surface area contributed by atoms with Crippen molar-refractivity contribution in [1.82, 2.24) is 4.90 Å². The SMILES string of the molecule is CC(=O)Oc1cc(C)c(CN2CCOCC2)cc1C. The maximum absolute atomic E-state index is 11.0. The highest BCUT2D eigenvalue weighted by molar-refractivity contribution is 5.70. The van der Waals surface area contributed by atoms with Crippen molar-refractivity contribution in [2.45, 2.75) is 27.3 Å². The number of benzene rings is 1. The maximum atomic E-state index is 11.0. The number of nitrogens with zero attached hydrogens (tertiary/aromatic N) is 1. The topological polar surface area (TPSA) is 38.8 Å². The lowest BCUT2D eigenvalue weighted by Crippen LogP contribution is -2.35. The zero-order valence-corrected chi connectivity index (χ0v) is 11.9. The van der Waals surface area contributed by atoms with Crippen LogP contribution in [0.3, 0.4) is 0 Å². The predicted molar refractivity (Wildman–Crippen MR) is 73.3 cm³/mol. The van der Waals surface area contributed by atoms with Crippen molar-refractivity contribution in [3.63, 3.8) is 0 Å². The molecule has 104 valence electrons. The molecule has 0 atom stereocenters. The Balaban J connectivity index is 2.12. The molecule has 1 fully saturated rings. The van der Waals surface area contributed by atoms with Crippen LogP contribution in [-0.2, 0) is 16.1 Å². The number of hydrogen-bond donors (Lipinski definition) is 0. The van der Waals surface area contributed by atoms with Crippen molar-refractivity contribution in [2.24, 2.45) is 0 Å². The van der Waals surface area contributed by atoms with Gasteiger partial charge in [0.1, 0.15) is 5.75 Å². The summed E-state index contributed by atoms with van der Waals surface area (Å²) in [4.78, 5) is 13.4. The molecular formula is C15H21NO3. The third-order valence-electron chi connectivity index (χ3n) is 3.38. The smallest absolute Gasteiger partial charge is 0.308 e. The molecule has 1 saturated heterocycles. The van der Waals surface area contributed by atoms with Gasteiger partial charge in [0, 0.05) is 26.6 Å². The van der Waals surface area contributed by atoms with E-state index in [9.17, 15) is 4.79 Å². The molecule has 1 aliphatic heterocycles. The highest BCUT2D eigenvalue weighted by Gasteiger charge is 2.13. The molecule has 0 aliphatic carbocycles. The molecule has 1 heterocycles. The fourth-order valence-electron chi connectivity index (χ4n) is 2.28. The molecule has 0 N–H and O–H groups in total. The number of carbonyl (C=O) groups excluding carboxylic acids is 1. The van der Waals surface area contributed by atoms with Gasteiger partial charge in [-0.3, -0.25) is 9.69 Å². The van der Waals surface area contributed by atoms with Crippen LogP contribution in [0.1, 0.15) is 23.6 Å².